The summed E-state index contributed by atoms with van der Waals surface area (Å²) in [6.45, 7) is 1.98. The molecule has 0 fully saturated rings. The fourth-order valence-corrected chi connectivity index (χ4v) is 1.51. The van der Waals surface area contributed by atoms with E-state index in [4.69, 9.17) is 10.0 Å². The summed E-state index contributed by atoms with van der Waals surface area (Å²) in [4.78, 5) is 4.22. The van der Waals surface area contributed by atoms with Crippen LogP contribution < -0.4 is 5.46 Å². The molecule has 2 rings (SSSR count). The lowest BCUT2D eigenvalue weighted by molar-refractivity contribution is 0.425. The van der Waals surface area contributed by atoms with Crippen molar-refractivity contribution in [3.8, 4) is 0 Å². The molecule has 3 nitrogen and oxygen atoms in total. The third-order valence-electron chi connectivity index (χ3n) is 2.30. The zero-order valence-electron chi connectivity index (χ0n) is 7.31. The van der Waals surface area contributed by atoms with Gasteiger partial charge in [0.2, 0.25) is 0 Å². The van der Waals surface area contributed by atoms with Crippen LogP contribution in [-0.4, -0.2) is 23.4 Å². The Balaban J connectivity index is 2.45. The second-order valence-electron chi connectivity index (χ2n) is 3.22. The first-order chi connectivity index (χ1) is 6.18. The van der Waals surface area contributed by atoms with Gasteiger partial charge in [-0.2, -0.15) is 0 Å². The van der Waals surface area contributed by atoms with Gasteiger partial charge < -0.3 is 10.0 Å². The third kappa shape index (κ3) is 1.38. The predicted octanol–water partition coefficient (Wildman–Crippen LogP) is -0.140. The maximum atomic E-state index is 8.96. The minimum Gasteiger partial charge on any atom is -0.423 e. The molecule has 1 aromatic rings. The molecule has 1 unspecified atom stereocenters. The van der Waals surface area contributed by atoms with E-state index in [1.54, 1.807) is 12.1 Å². The minimum atomic E-state index is -1.39. The van der Waals surface area contributed by atoms with E-state index < -0.39 is 7.12 Å². The summed E-state index contributed by atoms with van der Waals surface area (Å²) in [6, 6.07) is 5.48. The fourth-order valence-electron chi connectivity index (χ4n) is 1.51. The highest BCUT2D eigenvalue weighted by molar-refractivity contribution is 6.58. The number of hydrogen-bond acceptors (Lipinski definition) is 3. The molecule has 1 heterocycles. The van der Waals surface area contributed by atoms with E-state index in [1.807, 2.05) is 19.2 Å². The Morgan fingerprint density at radius 2 is 2.15 bits per heavy atom. The molecule has 1 aromatic carbocycles. The smallest absolute Gasteiger partial charge is 0.423 e. The maximum absolute atomic E-state index is 8.96. The van der Waals surface area contributed by atoms with Crippen LogP contribution in [0.25, 0.3) is 0 Å². The molecule has 1 aliphatic rings. The van der Waals surface area contributed by atoms with Crippen LogP contribution in [0.3, 0.4) is 0 Å². The first kappa shape index (κ1) is 8.47. The number of hydrogen-bond donors (Lipinski definition) is 2. The standard InChI is InChI=1S/C9H10BNO2/c1-6-9-4-8(10(12)13)3-2-7(9)5-11-6/h2-6,12-13H,1H3. The Labute approximate surface area is 76.9 Å². The highest BCUT2D eigenvalue weighted by Crippen LogP contribution is 2.24. The Morgan fingerprint density at radius 3 is 2.85 bits per heavy atom. The van der Waals surface area contributed by atoms with Crippen LogP contribution in [0.5, 0.6) is 0 Å². The molecule has 13 heavy (non-hydrogen) atoms. The summed E-state index contributed by atoms with van der Waals surface area (Å²) in [7, 11) is -1.39. The number of nitrogens with zero attached hydrogens (tertiary/aromatic N) is 1. The van der Waals surface area contributed by atoms with Gasteiger partial charge in [-0.1, -0.05) is 18.2 Å². The molecule has 0 saturated heterocycles. The van der Waals surface area contributed by atoms with Crippen molar-refractivity contribution >= 4 is 18.8 Å². The predicted molar refractivity (Wildman–Crippen MR) is 52.3 cm³/mol. The molecular formula is C9H10BNO2. The van der Waals surface area contributed by atoms with Crippen molar-refractivity contribution in [1.29, 1.82) is 0 Å². The van der Waals surface area contributed by atoms with Crippen molar-refractivity contribution in [2.75, 3.05) is 0 Å². The Kier molecular flexibility index (Phi) is 1.94. The molecule has 66 valence electrons. The molecule has 0 radical (unpaired) electrons. The SMILES string of the molecule is CC1N=Cc2ccc(B(O)O)cc21. The molecule has 0 saturated carbocycles. The lowest BCUT2D eigenvalue weighted by atomic mass is 9.78. The largest absolute Gasteiger partial charge is 0.488 e. The van der Waals surface area contributed by atoms with Crippen LogP contribution in [0, 0.1) is 0 Å². The maximum Gasteiger partial charge on any atom is 0.488 e. The van der Waals surface area contributed by atoms with Crippen molar-refractivity contribution in [1.82, 2.24) is 0 Å². The first-order valence-electron chi connectivity index (χ1n) is 4.21. The van der Waals surface area contributed by atoms with Gasteiger partial charge in [-0.15, -0.1) is 0 Å². The van der Waals surface area contributed by atoms with Crippen molar-refractivity contribution in [3.05, 3.63) is 29.3 Å². The monoisotopic (exact) mass is 175 g/mol. The molecule has 0 aliphatic carbocycles. The minimum absolute atomic E-state index is 0.133. The van der Waals surface area contributed by atoms with Gasteiger partial charge in [0.05, 0.1) is 6.04 Å². The molecule has 0 bridgehead atoms. The van der Waals surface area contributed by atoms with Gasteiger partial charge >= 0.3 is 7.12 Å². The van der Waals surface area contributed by atoms with Gasteiger partial charge in [0.15, 0.2) is 0 Å². The molecule has 0 spiro atoms. The summed E-state index contributed by atoms with van der Waals surface area (Å²) < 4.78 is 0. The van der Waals surface area contributed by atoms with Crippen molar-refractivity contribution in [2.24, 2.45) is 4.99 Å². The first-order valence-corrected chi connectivity index (χ1v) is 4.21. The summed E-state index contributed by atoms with van der Waals surface area (Å²) in [6.07, 6.45) is 1.81. The summed E-state index contributed by atoms with van der Waals surface area (Å²) in [5, 5.41) is 17.9. The highest BCUT2D eigenvalue weighted by Gasteiger charge is 2.18. The average molecular weight is 175 g/mol. The zero-order chi connectivity index (χ0) is 9.42. The molecule has 1 atom stereocenters. The highest BCUT2D eigenvalue weighted by atomic mass is 16.4. The van der Waals surface area contributed by atoms with E-state index in [1.165, 1.54) is 0 Å². The molecule has 1 aliphatic heterocycles. The lowest BCUT2D eigenvalue weighted by Gasteiger charge is -2.05. The molecule has 0 amide bonds. The van der Waals surface area contributed by atoms with Gasteiger partial charge in [0.1, 0.15) is 0 Å². The van der Waals surface area contributed by atoms with Crippen LogP contribution in [0.2, 0.25) is 0 Å². The van der Waals surface area contributed by atoms with E-state index in [2.05, 4.69) is 4.99 Å². The fraction of sp³-hybridized carbons (Fsp3) is 0.222. The average Bonchev–Trinajstić information content (AvgIpc) is 2.47. The molecule has 2 N–H and O–H groups in total. The van der Waals surface area contributed by atoms with Crippen LogP contribution in [0.4, 0.5) is 0 Å². The Hall–Kier alpha value is -1.13. The van der Waals surface area contributed by atoms with Crippen molar-refractivity contribution in [2.45, 2.75) is 13.0 Å². The van der Waals surface area contributed by atoms with Gasteiger partial charge in [0, 0.05) is 6.21 Å². The van der Waals surface area contributed by atoms with E-state index in [0.717, 1.165) is 11.1 Å². The van der Waals surface area contributed by atoms with Crippen LogP contribution in [-0.2, 0) is 0 Å². The Bertz CT molecular complexity index is 363. The zero-order valence-corrected chi connectivity index (χ0v) is 7.31. The lowest BCUT2D eigenvalue weighted by Crippen LogP contribution is -2.30. The third-order valence-corrected chi connectivity index (χ3v) is 2.30. The van der Waals surface area contributed by atoms with E-state index >= 15 is 0 Å². The van der Waals surface area contributed by atoms with Gasteiger partial charge in [-0.05, 0) is 23.5 Å². The number of fused-ring (bicyclic) bond motifs is 1. The van der Waals surface area contributed by atoms with Crippen LogP contribution in [0.15, 0.2) is 23.2 Å². The number of benzene rings is 1. The molecule has 4 heteroatoms. The Morgan fingerprint density at radius 1 is 1.38 bits per heavy atom. The second-order valence-corrected chi connectivity index (χ2v) is 3.22. The second kappa shape index (κ2) is 2.98. The topological polar surface area (TPSA) is 52.8 Å². The van der Waals surface area contributed by atoms with Crippen LogP contribution >= 0.6 is 0 Å². The number of aliphatic imine (C=N–C) groups is 1. The van der Waals surface area contributed by atoms with E-state index in [-0.39, 0.29) is 6.04 Å². The van der Waals surface area contributed by atoms with Gasteiger partial charge in [0.25, 0.3) is 0 Å². The summed E-state index contributed by atoms with van der Waals surface area (Å²) in [5.41, 5.74) is 2.65. The summed E-state index contributed by atoms with van der Waals surface area (Å²) in [5.74, 6) is 0. The van der Waals surface area contributed by atoms with Crippen molar-refractivity contribution < 1.29 is 10.0 Å². The number of rotatable bonds is 1. The van der Waals surface area contributed by atoms with E-state index in [0.29, 0.717) is 5.46 Å². The normalized spacial score (nSPS) is 18.8. The molecule has 0 aromatic heterocycles. The van der Waals surface area contributed by atoms with Gasteiger partial charge in [-0.3, -0.25) is 4.99 Å². The quantitative estimate of drug-likeness (QED) is 0.583. The van der Waals surface area contributed by atoms with E-state index in [9.17, 15) is 0 Å². The molecular weight excluding hydrogens is 165 g/mol. The van der Waals surface area contributed by atoms with Crippen LogP contribution in [0.1, 0.15) is 24.1 Å². The summed E-state index contributed by atoms with van der Waals surface area (Å²) >= 11 is 0. The van der Waals surface area contributed by atoms with Crippen molar-refractivity contribution in [3.63, 3.8) is 0 Å². The van der Waals surface area contributed by atoms with Gasteiger partial charge in [-0.25, -0.2) is 0 Å².